The molecule has 3 rings (SSSR count). The molecule has 2 amide bonds. The fourth-order valence-corrected chi connectivity index (χ4v) is 4.22. The maximum atomic E-state index is 13.4. The lowest BCUT2D eigenvalue weighted by molar-refractivity contribution is -0.132. The van der Waals surface area contributed by atoms with Crippen molar-refractivity contribution in [3.05, 3.63) is 81.9 Å². The highest BCUT2D eigenvalue weighted by atomic mass is 32.1. The molecule has 3 aromatic rings. The van der Waals surface area contributed by atoms with Gasteiger partial charge in [-0.05, 0) is 55.8 Å². The van der Waals surface area contributed by atoms with Crippen molar-refractivity contribution >= 4 is 23.2 Å². The van der Waals surface area contributed by atoms with E-state index in [2.05, 4.69) is 12.1 Å². The fourth-order valence-electron chi connectivity index (χ4n) is 3.53. The van der Waals surface area contributed by atoms with Gasteiger partial charge < -0.3 is 19.0 Å². The summed E-state index contributed by atoms with van der Waals surface area (Å²) >= 11 is 1.39. The highest BCUT2D eigenvalue weighted by molar-refractivity contribution is 7.12. The summed E-state index contributed by atoms with van der Waals surface area (Å²) in [6, 6.07) is 17.5. The van der Waals surface area contributed by atoms with Crippen LogP contribution >= 0.6 is 11.3 Å². The first-order valence-corrected chi connectivity index (χ1v) is 12.2. The topological polar surface area (TPSA) is 63.0 Å². The highest BCUT2D eigenvalue weighted by Gasteiger charge is 2.23. The van der Waals surface area contributed by atoms with Gasteiger partial charge in [-0.3, -0.25) is 9.59 Å². The Labute approximate surface area is 199 Å². The van der Waals surface area contributed by atoms with E-state index < -0.39 is 0 Å². The van der Waals surface area contributed by atoms with E-state index in [4.69, 9.17) is 9.15 Å². The number of rotatable bonds is 13. The van der Waals surface area contributed by atoms with Crippen LogP contribution in [0.5, 0.6) is 0 Å². The van der Waals surface area contributed by atoms with Crippen molar-refractivity contribution in [2.24, 2.45) is 0 Å². The molecule has 0 spiro atoms. The van der Waals surface area contributed by atoms with E-state index in [1.807, 2.05) is 55.6 Å². The Morgan fingerprint density at radius 3 is 2.48 bits per heavy atom. The van der Waals surface area contributed by atoms with Crippen LogP contribution in [0.25, 0.3) is 0 Å². The number of hydrogen-bond acceptors (Lipinski definition) is 5. The predicted octanol–water partition coefficient (Wildman–Crippen LogP) is 4.79. The van der Waals surface area contributed by atoms with Crippen molar-refractivity contribution < 1.29 is 18.7 Å². The van der Waals surface area contributed by atoms with Crippen molar-refractivity contribution in [1.82, 2.24) is 9.80 Å². The first kappa shape index (κ1) is 24.7. The van der Waals surface area contributed by atoms with E-state index >= 15 is 0 Å². The summed E-state index contributed by atoms with van der Waals surface area (Å²) < 4.78 is 11.2. The Kier molecular flexibility index (Phi) is 9.72. The van der Waals surface area contributed by atoms with E-state index in [1.54, 1.807) is 15.9 Å². The summed E-state index contributed by atoms with van der Waals surface area (Å²) in [6.07, 6.45) is 1.41. The van der Waals surface area contributed by atoms with Gasteiger partial charge in [0.25, 0.3) is 5.91 Å². The largest absolute Gasteiger partial charge is 0.464 e. The van der Waals surface area contributed by atoms with Crippen LogP contribution in [-0.4, -0.2) is 54.5 Å². The zero-order valence-electron chi connectivity index (χ0n) is 19.4. The molecule has 0 fully saturated rings. The molecular weight excluding hydrogens is 436 g/mol. The van der Waals surface area contributed by atoms with Crippen LogP contribution in [0.4, 0.5) is 0 Å². The SMILES string of the molecule is CCOCCCN(CC(=O)N(CCc1ccccc1)Cc1ccc(C)o1)C(=O)c1cccs1. The lowest BCUT2D eigenvalue weighted by Gasteiger charge is -2.27. The monoisotopic (exact) mass is 468 g/mol. The number of thiophene rings is 1. The summed E-state index contributed by atoms with van der Waals surface area (Å²) in [5, 5.41) is 1.87. The lowest BCUT2D eigenvalue weighted by atomic mass is 10.1. The summed E-state index contributed by atoms with van der Waals surface area (Å²) in [5.74, 6) is 1.33. The van der Waals surface area contributed by atoms with Gasteiger partial charge in [0.05, 0.1) is 11.4 Å². The number of ether oxygens (including phenoxy) is 1. The van der Waals surface area contributed by atoms with Gasteiger partial charge in [0.15, 0.2) is 0 Å². The first-order valence-electron chi connectivity index (χ1n) is 11.3. The van der Waals surface area contributed by atoms with Gasteiger partial charge in [-0.25, -0.2) is 0 Å². The molecule has 7 heteroatoms. The minimum absolute atomic E-state index is 0.0251. The molecule has 0 radical (unpaired) electrons. The van der Waals surface area contributed by atoms with Crippen LogP contribution in [0.2, 0.25) is 0 Å². The third kappa shape index (κ3) is 7.87. The van der Waals surface area contributed by atoms with Gasteiger partial charge in [-0.2, -0.15) is 0 Å². The Bertz CT molecular complexity index is 985. The van der Waals surface area contributed by atoms with E-state index in [0.717, 1.165) is 23.5 Å². The minimum Gasteiger partial charge on any atom is -0.464 e. The van der Waals surface area contributed by atoms with Crippen LogP contribution in [0, 0.1) is 6.92 Å². The highest BCUT2D eigenvalue weighted by Crippen LogP contribution is 2.15. The van der Waals surface area contributed by atoms with E-state index in [9.17, 15) is 9.59 Å². The van der Waals surface area contributed by atoms with Gasteiger partial charge in [0.1, 0.15) is 18.1 Å². The molecular formula is C26H32N2O4S. The molecule has 1 aromatic carbocycles. The molecule has 33 heavy (non-hydrogen) atoms. The number of aryl methyl sites for hydroxylation is 1. The van der Waals surface area contributed by atoms with Crippen LogP contribution < -0.4 is 0 Å². The number of furan rings is 1. The average Bonchev–Trinajstić information content (AvgIpc) is 3.50. The number of nitrogens with zero attached hydrogens (tertiary/aromatic N) is 2. The molecule has 0 bridgehead atoms. The molecule has 0 N–H and O–H groups in total. The predicted molar refractivity (Wildman–Crippen MR) is 130 cm³/mol. The van der Waals surface area contributed by atoms with Crippen molar-refractivity contribution in [1.29, 1.82) is 0 Å². The molecule has 0 aliphatic heterocycles. The molecule has 0 saturated heterocycles. The summed E-state index contributed by atoms with van der Waals surface area (Å²) in [7, 11) is 0. The summed E-state index contributed by atoms with van der Waals surface area (Å²) in [4.78, 5) is 30.5. The Hall–Kier alpha value is -2.90. The average molecular weight is 469 g/mol. The maximum absolute atomic E-state index is 13.4. The third-order valence-corrected chi connectivity index (χ3v) is 6.13. The van der Waals surface area contributed by atoms with E-state index in [0.29, 0.717) is 44.1 Å². The minimum atomic E-state index is -0.119. The van der Waals surface area contributed by atoms with Crippen molar-refractivity contribution in [3.63, 3.8) is 0 Å². The van der Waals surface area contributed by atoms with Crippen molar-refractivity contribution in [2.75, 3.05) is 32.8 Å². The number of benzene rings is 1. The number of carbonyl (C=O) groups excluding carboxylic acids is 2. The number of hydrogen-bond donors (Lipinski definition) is 0. The maximum Gasteiger partial charge on any atom is 0.264 e. The van der Waals surface area contributed by atoms with Gasteiger partial charge in [0, 0.05) is 26.3 Å². The summed E-state index contributed by atoms with van der Waals surface area (Å²) in [6.45, 7) is 6.43. The van der Waals surface area contributed by atoms with Crippen LogP contribution in [0.3, 0.4) is 0 Å². The lowest BCUT2D eigenvalue weighted by Crippen LogP contribution is -2.43. The molecule has 176 valence electrons. The molecule has 0 aliphatic rings. The molecule has 0 unspecified atom stereocenters. The van der Waals surface area contributed by atoms with Gasteiger partial charge in [-0.1, -0.05) is 36.4 Å². The molecule has 0 aliphatic carbocycles. The number of carbonyl (C=O) groups is 2. The second kappa shape index (κ2) is 13.0. The molecule has 0 atom stereocenters. The number of amides is 2. The zero-order chi connectivity index (χ0) is 23.5. The molecule has 2 heterocycles. The second-order valence-corrected chi connectivity index (χ2v) is 8.77. The normalized spacial score (nSPS) is 10.8. The van der Waals surface area contributed by atoms with Crippen LogP contribution in [-0.2, 0) is 22.5 Å². The summed E-state index contributed by atoms with van der Waals surface area (Å²) in [5.41, 5.74) is 1.16. The fraction of sp³-hybridized carbons (Fsp3) is 0.385. The standard InChI is InChI=1S/C26H32N2O4S/c1-3-31-17-8-15-28(26(30)24-11-7-18-33-24)20-25(29)27(19-23-13-12-21(2)32-23)16-14-22-9-5-4-6-10-22/h4-7,9-13,18H,3,8,14-17,19-20H2,1-2H3. The zero-order valence-corrected chi connectivity index (χ0v) is 20.2. The van der Waals surface area contributed by atoms with E-state index in [-0.39, 0.29) is 18.4 Å². The Morgan fingerprint density at radius 2 is 1.82 bits per heavy atom. The van der Waals surface area contributed by atoms with Crippen LogP contribution in [0.15, 0.2) is 64.4 Å². The van der Waals surface area contributed by atoms with Crippen LogP contribution in [0.1, 0.15) is 40.1 Å². The Balaban J connectivity index is 1.71. The second-order valence-electron chi connectivity index (χ2n) is 7.82. The van der Waals surface area contributed by atoms with Gasteiger partial charge >= 0.3 is 0 Å². The molecule has 0 saturated carbocycles. The van der Waals surface area contributed by atoms with Crippen molar-refractivity contribution in [3.8, 4) is 0 Å². The van der Waals surface area contributed by atoms with Gasteiger partial charge in [-0.15, -0.1) is 11.3 Å². The quantitative estimate of drug-likeness (QED) is 0.338. The van der Waals surface area contributed by atoms with Crippen molar-refractivity contribution in [2.45, 2.75) is 33.2 Å². The Morgan fingerprint density at radius 1 is 1.00 bits per heavy atom. The first-order chi connectivity index (χ1) is 16.1. The molecule has 2 aromatic heterocycles. The van der Waals surface area contributed by atoms with Gasteiger partial charge in [0.2, 0.25) is 5.91 Å². The smallest absolute Gasteiger partial charge is 0.264 e. The third-order valence-electron chi connectivity index (χ3n) is 5.27. The molecule has 6 nitrogen and oxygen atoms in total. The van der Waals surface area contributed by atoms with E-state index in [1.165, 1.54) is 11.3 Å².